The van der Waals surface area contributed by atoms with Crippen molar-refractivity contribution in [2.75, 3.05) is 26.3 Å². The molecule has 4 rings (SSSR count). The number of pyridine rings is 1. The number of morpholine rings is 1. The van der Waals surface area contributed by atoms with Crippen molar-refractivity contribution in [2.45, 2.75) is 50.6 Å². The minimum absolute atomic E-state index is 0.0548. The van der Waals surface area contributed by atoms with E-state index in [-0.39, 0.29) is 11.9 Å². The van der Waals surface area contributed by atoms with Gasteiger partial charge in [-0.05, 0) is 31.9 Å². The molecule has 8 nitrogen and oxygen atoms in total. The number of rotatable bonds is 5. The fourth-order valence-electron chi connectivity index (χ4n) is 4.22. The number of hydrogen-bond acceptors (Lipinski definition) is 7. The zero-order valence-corrected chi connectivity index (χ0v) is 16.3. The smallest absolute Gasteiger partial charge is 0.249 e. The van der Waals surface area contributed by atoms with E-state index < -0.39 is 5.54 Å². The molecule has 1 atom stereocenters. The Morgan fingerprint density at radius 2 is 2.00 bits per heavy atom. The van der Waals surface area contributed by atoms with E-state index in [9.17, 15) is 4.79 Å². The standard InChI is InChI=1S/C20H27N5O3/c1-15(18-23-17(24-28-18)16-7-3-6-10-21-16)22-19(26)20(8-4-2-5-9-20)25-11-13-27-14-12-25/h3,6-7,10,15H,2,4-5,8-9,11-14H2,1H3,(H,22,26)/t15-/m1/s1. The van der Waals surface area contributed by atoms with Crippen LogP contribution in [0.2, 0.25) is 0 Å². The van der Waals surface area contributed by atoms with E-state index in [0.29, 0.717) is 30.6 Å². The fraction of sp³-hybridized carbons (Fsp3) is 0.600. The summed E-state index contributed by atoms with van der Waals surface area (Å²) in [6.45, 7) is 4.84. The molecule has 2 aliphatic rings. The number of carbonyl (C=O) groups is 1. The van der Waals surface area contributed by atoms with Crippen molar-refractivity contribution in [1.29, 1.82) is 0 Å². The number of aromatic nitrogens is 3. The average molecular weight is 385 g/mol. The van der Waals surface area contributed by atoms with Crippen LogP contribution < -0.4 is 5.32 Å². The maximum atomic E-state index is 13.4. The van der Waals surface area contributed by atoms with Crippen molar-refractivity contribution in [3.05, 3.63) is 30.3 Å². The van der Waals surface area contributed by atoms with Gasteiger partial charge in [0, 0.05) is 19.3 Å². The number of nitrogens with one attached hydrogen (secondary N) is 1. The highest BCUT2D eigenvalue weighted by Gasteiger charge is 2.45. The summed E-state index contributed by atoms with van der Waals surface area (Å²) in [6, 6.07) is 5.17. The third-order valence-corrected chi connectivity index (χ3v) is 5.77. The number of nitrogens with zero attached hydrogens (tertiary/aromatic N) is 4. The van der Waals surface area contributed by atoms with Crippen molar-refractivity contribution in [3.63, 3.8) is 0 Å². The number of amides is 1. The molecular formula is C20H27N5O3. The summed E-state index contributed by atoms with van der Waals surface area (Å²) in [4.78, 5) is 24.4. The topological polar surface area (TPSA) is 93.4 Å². The van der Waals surface area contributed by atoms with Crippen LogP contribution in [0.3, 0.4) is 0 Å². The van der Waals surface area contributed by atoms with Crippen molar-refractivity contribution in [3.8, 4) is 11.5 Å². The van der Waals surface area contributed by atoms with Crippen LogP contribution in [0.4, 0.5) is 0 Å². The molecule has 0 radical (unpaired) electrons. The summed E-state index contributed by atoms with van der Waals surface area (Å²) in [7, 11) is 0. The minimum atomic E-state index is -0.458. The van der Waals surface area contributed by atoms with Crippen LogP contribution in [0.1, 0.15) is 51.0 Å². The van der Waals surface area contributed by atoms with Gasteiger partial charge in [-0.15, -0.1) is 0 Å². The Labute approximate surface area is 164 Å². The van der Waals surface area contributed by atoms with E-state index >= 15 is 0 Å². The molecule has 1 N–H and O–H groups in total. The molecule has 2 aromatic heterocycles. The van der Waals surface area contributed by atoms with Gasteiger partial charge in [0.2, 0.25) is 17.6 Å². The Balaban J connectivity index is 1.48. The van der Waals surface area contributed by atoms with E-state index in [0.717, 1.165) is 38.8 Å². The first-order valence-corrected chi connectivity index (χ1v) is 10.1. The van der Waals surface area contributed by atoms with Gasteiger partial charge in [0.05, 0.1) is 13.2 Å². The second-order valence-electron chi connectivity index (χ2n) is 7.56. The van der Waals surface area contributed by atoms with Crippen molar-refractivity contribution in [1.82, 2.24) is 25.3 Å². The Morgan fingerprint density at radius 3 is 2.71 bits per heavy atom. The normalized spacial score (nSPS) is 21.2. The van der Waals surface area contributed by atoms with Crippen molar-refractivity contribution in [2.24, 2.45) is 0 Å². The lowest BCUT2D eigenvalue weighted by Gasteiger charge is -2.46. The maximum Gasteiger partial charge on any atom is 0.249 e. The summed E-state index contributed by atoms with van der Waals surface area (Å²) in [5, 5.41) is 7.14. The van der Waals surface area contributed by atoms with Gasteiger partial charge in [0.1, 0.15) is 17.3 Å². The van der Waals surface area contributed by atoms with Crippen molar-refractivity contribution >= 4 is 5.91 Å². The quantitative estimate of drug-likeness (QED) is 0.844. The van der Waals surface area contributed by atoms with E-state index in [1.807, 2.05) is 25.1 Å². The van der Waals surface area contributed by atoms with Gasteiger partial charge in [-0.2, -0.15) is 4.98 Å². The lowest BCUT2D eigenvalue weighted by atomic mass is 9.79. The van der Waals surface area contributed by atoms with Crippen LogP contribution in [-0.2, 0) is 9.53 Å². The third kappa shape index (κ3) is 3.79. The molecule has 0 bridgehead atoms. The molecule has 1 aliphatic heterocycles. The number of carbonyl (C=O) groups excluding carboxylic acids is 1. The first-order valence-electron chi connectivity index (χ1n) is 10.1. The Bertz CT molecular complexity index is 782. The van der Waals surface area contributed by atoms with Gasteiger partial charge in [-0.25, -0.2) is 0 Å². The second kappa shape index (κ2) is 8.36. The van der Waals surface area contributed by atoms with Crippen LogP contribution in [0.25, 0.3) is 11.5 Å². The van der Waals surface area contributed by atoms with Gasteiger partial charge < -0.3 is 14.6 Å². The monoisotopic (exact) mass is 385 g/mol. The lowest BCUT2D eigenvalue weighted by Crippen LogP contribution is -2.62. The van der Waals surface area contributed by atoms with Crippen LogP contribution in [-0.4, -0.2) is 57.8 Å². The Hall–Kier alpha value is -2.32. The first-order chi connectivity index (χ1) is 13.7. The summed E-state index contributed by atoms with van der Waals surface area (Å²) in [6.07, 6.45) is 6.79. The molecule has 1 amide bonds. The highest BCUT2D eigenvalue weighted by Crippen LogP contribution is 2.35. The van der Waals surface area contributed by atoms with Gasteiger partial charge in [0.15, 0.2) is 0 Å². The highest BCUT2D eigenvalue weighted by molar-refractivity contribution is 5.86. The van der Waals surface area contributed by atoms with Crippen LogP contribution in [0.5, 0.6) is 0 Å². The molecule has 0 aromatic carbocycles. The molecule has 0 unspecified atom stereocenters. The predicted octanol–water partition coefficient (Wildman–Crippen LogP) is 2.34. The lowest BCUT2D eigenvalue weighted by molar-refractivity contribution is -0.141. The molecule has 1 aliphatic carbocycles. The van der Waals surface area contributed by atoms with Crippen LogP contribution >= 0.6 is 0 Å². The summed E-state index contributed by atoms with van der Waals surface area (Å²) in [5.74, 6) is 0.874. The molecule has 8 heteroatoms. The first kappa shape index (κ1) is 19.0. The average Bonchev–Trinajstić information content (AvgIpc) is 3.26. The van der Waals surface area contributed by atoms with Crippen LogP contribution in [0, 0.1) is 0 Å². The second-order valence-corrected chi connectivity index (χ2v) is 7.56. The highest BCUT2D eigenvalue weighted by atomic mass is 16.5. The molecule has 2 aromatic rings. The van der Waals surface area contributed by atoms with Crippen LogP contribution in [0.15, 0.2) is 28.9 Å². The SMILES string of the molecule is C[C@@H](NC(=O)C1(N2CCOCC2)CCCCC1)c1nc(-c2ccccn2)no1. The number of hydrogen-bond donors (Lipinski definition) is 1. The Morgan fingerprint density at radius 1 is 1.21 bits per heavy atom. The van der Waals surface area contributed by atoms with Gasteiger partial charge in [-0.1, -0.05) is 30.5 Å². The van der Waals surface area contributed by atoms with Gasteiger partial charge >= 0.3 is 0 Å². The largest absolute Gasteiger partial charge is 0.379 e. The Kier molecular flexibility index (Phi) is 5.68. The number of ether oxygens (including phenoxy) is 1. The molecule has 1 saturated carbocycles. The van der Waals surface area contributed by atoms with Crippen molar-refractivity contribution < 1.29 is 14.1 Å². The van der Waals surface area contributed by atoms with E-state index in [1.54, 1.807) is 6.20 Å². The molecule has 1 saturated heterocycles. The molecule has 150 valence electrons. The summed E-state index contributed by atoms with van der Waals surface area (Å²) >= 11 is 0. The maximum absolute atomic E-state index is 13.4. The predicted molar refractivity (Wildman–Crippen MR) is 102 cm³/mol. The van der Waals surface area contributed by atoms with E-state index in [2.05, 4.69) is 25.3 Å². The minimum Gasteiger partial charge on any atom is -0.379 e. The van der Waals surface area contributed by atoms with Gasteiger partial charge in [0.25, 0.3) is 0 Å². The third-order valence-electron chi connectivity index (χ3n) is 5.77. The van der Waals surface area contributed by atoms with Gasteiger partial charge in [-0.3, -0.25) is 14.7 Å². The van der Waals surface area contributed by atoms with E-state index in [1.165, 1.54) is 6.42 Å². The zero-order chi connectivity index (χ0) is 19.4. The molecule has 3 heterocycles. The molecular weight excluding hydrogens is 358 g/mol. The summed E-state index contributed by atoms with van der Waals surface area (Å²) < 4.78 is 10.9. The molecule has 28 heavy (non-hydrogen) atoms. The fourth-order valence-corrected chi connectivity index (χ4v) is 4.22. The zero-order valence-electron chi connectivity index (χ0n) is 16.3. The molecule has 2 fully saturated rings. The summed E-state index contributed by atoms with van der Waals surface area (Å²) in [5.41, 5.74) is 0.188. The van der Waals surface area contributed by atoms with E-state index in [4.69, 9.17) is 9.26 Å². The molecule has 0 spiro atoms.